The van der Waals surface area contributed by atoms with Crippen LogP contribution in [0, 0.1) is 0 Å². The molecule has 1 aromatic rings. The number of alkyl halides is 2. The van der Waals surface area contributed by atoms with E-state index < -0.39 is 6.43 Å². The van der Waals surface area contributed by atoms with Gasteiger partial charge in [0.1, 0.15) is 5.69 Å². The summed E-state index contributed by atoms with van der Waals surface area (Å²) in [6, 6.07) is 0. The van der Waals surface area contributed by atoms with Gasteiger partial charge in [-0.15, -0.1) is 0 Å². The highest BCUT2D eigenvalue weighted by Crippen LogP contribution is 2.22. The molecular weight excluding hydrogens is 216 g/mol. The molecule has 0 amide bonds. The molecule has 0 spiro atoms. The summed E-state index contributed by atoms with van der Waals surface area (Å²) in [6.07, 6.45) is -0.994. The molecule has 0 aliphatic rings. The van der Waals surface area contributed by atoms with Crippen LogP contribution in [0.1, 0.15) is 24.6 Å². The molecule has 0 saturated carbocycles. The molecule has 0 radical (unpaired) electrons. The van der Waals surface area contributed by atoms with Crippen LogP contribution in [-0.2, 0) is 17.8 Å². The molecule has 16 heavy (non-hydrogen) atoms. The molecule has 0 unspecified atom stereocenters. The van der Waals surface area contributed by atoms with Gasteiger partial charge in [-0.3, -0.25) is 4.68 Å². The Morgan fingerprint density at radius 3 is 2.88 bits per heavy atom. The number of halogens is 2. The van der Waals surface area contributed by atoms with E-state index in [2.05, 4.69) is 10.4 Å². The number of hydrogen-bond acceptors (Lipinski definition) is 3. The molecule has 0 fully saturated rings. The van der Waals surface area contributed by atoms with Crippen molar-refractivity contribution in [2.45, 2.75) is 26.4 Å². The maximum atomic E-state index is 12.8. The zero-order valence-electron chi connectivity index (χ0n) is 9.54. The second-order valence-corrected chi connectivity index (χ2v) is 3.34. The number of nitrogens with one attached hydrogen (secondary N) is 1. The maximum Gasteiger partial charge on any atom is 0.280 e. The van der Waals surface area contributed by atoms with Crippen LogP contribution in [0.5, 0.6) is 0 Å². The van der Waals surface area contributed by atoms with Crippen molar-refractivity contribution in [2.24, 2.45) is 0 Å². The summed E-state index contributed by atoms with van der Waals surface area (Å²) >= 11 is 0. The normalized spacial score (nSPS) is 11.3. The summed E-state index contributed by atoms with van der Waals surface area (Å²) in [7, 11) is 1.60. The van der Waals surface area contributed by atoms with E-state index in [0.717, 1.165) is 0 Å². The topological polar surface area (TPSA) is 39.1 Å². The van der Waals surface area contributed by atoms with E-state index in [1.165, 1.54) is 10.9 Å². The Morgan fingerprint density at radius 1 is 1.56 bits per heavy atom. The largest absolute Gasteiger partial charge is 0.383 e. The van der Waals surface area contributed by atoms with Gasteiger partial charge in [-0.2, -0.15) is 5.10 Å². The predicted molar refractivity (Wildman–Crippen MR) is 56.4 cm³/mol. The quantitative estimate of drug-likeness (QED) is 0.727. The fraction of sp³-hybridized carbons (Fsp3) is 0.700. The lowest BCUT2D eigenvalue weighted by Crippen LogP contribution is -2.19. The van der Waals surface area contributed by atoms with E-state index in [4.69, 9.17) is 4.74 Å². The van der Waals surface area contributed by atoms with E-state index in [9.17, 15) is 8.78 Å². The third-order valence-electron chi connectivity index (χ3n) is 2.26. The Bertz CT molecular complexity index is 315. The Labute approximate surface area is 93.6 Å². The maximum absolute atomic E-state index is 12.8. The van der Waals surface area contributed by atoms with Crippen molar-refractivity contribution in [1.82, 2.24) is 15.1 Å². The zero-order chi connectivity index (χ0) is 12.0. The van der Waals surface area contributed by atoms with Gasteiger partial charge >= 0.3 is 0 Å². The highest BCUT2D eigenvalue weighted by atomic mass is 19.3. The molecule has 6 heteroatoms. The highest BCUT2D eigenvalue weighted by molar-refractivity contribution is 5.18. The van der Waals surface area contributed by atoms with E-state index in [1.54, 1.807) is 14.0 Å². The minimum Gasteiger partial charge on any atom is -0.383 e. The lowest BCUT2D eigenvalue weighted by atomic mass is 10.2. The first-order valence-corrected chi connectivity index (χ1v) is 5.23. The van der Waals surface area contributed by atoms with Gasteiger partial charge in [0.15, 0.2) is 0 Å². The third kappa shape index (κ3) is 3.24. The van der Waals surface area contributed by atoms with Crippen LogP contribution in [0.2, 0.25) is 0 Å². The molecule has 1 aromatic heterocycles. The van der Waals surface area contributed by atoms with Gasteiger partial charge in [0.05, 0.1) is 12.8 Å². The summed E-state index contributed by atoms with van der Waals surface area (Å²) < 4.78 is 31.7. The molecular formula is C10H17F2N3O. The smallest absolute Gasteiger partial charge is 0.280 e. The molecule has 1 rings (SSSR count). The number of rotatable bonds is 7. The van der Waals surface area contributed by atoms with Crippen LogP contribution in [0.15, 0.2) is 6.20 Å². The van der Waals surface area contributed by atoms with Crippen molar-refractivity contribution in [2.75, 3.05) is 20.3 Å². The van der Waals surface area contributed by atoms with Crippen LogP contribution >= 0.6 is 0 Å². The lowest BCUT2D eigenvalue weighted by molar-refractivity contribution is 0.138. The van der Waals surface area contributed by atoms with Gasteiger partial charge in [0.25, 0.3) is 6.43 Å². The SMILES string of the molecule is CCn1ncc(CNCCOC)c1C(F)F. The van der Waals surface area contributed by atoms with E-state index in [-0.39, 0.29) is 5.69 Å². The van der Waals surface area contributed by atoms with Gasteiger partial charge < -0.3 is 10.1 Å². The minimum atomic E-state index is -2.48. The van der Waals surface area contributed by atoms with Crippen LogP contribution in [-0.4, -0.2) is 30.0 Å². The van der Waals surface area contributed by atoms with Crippen molar-refractivity contribution in [3.05, 3.63) is 17.5 Å². The average Bonchev–Trinajstić information content (AvgIpc) is 2.67. The van der Waals surface area contributed by atoms with Gasteiger partial charge in [-0.05, 0) is 6.92 Å². The Kier molecular flexibility index (Phi) is 5.34. The molecule has 0 aliphatic carbocycles. The Balaban J connectivity index is 2.61. The number of hydrogen-bond donors (Lipinski definition) is 1. The van der Waals surface area contributed by atoms with Gasteiger partial charge in [0.2, 0.25) is 0 Å². The second-order valence-electron chi connectivity index (χ2n) is 3.34. The van der Waals surface area contributed by atoms with Crippen LogP contribution in [0.4, 0.5) is 8.78 Å². The number of ether oxygens (including phenoxy) is 1. The molecule has 1 N–H and O–H groups in total. The molecule has 92 valence electrons. The first kappa shape index (κ1) is 13.1. The van der Waals surface area contributed by atoms with Crippen molar-refractivity contribution in [3.8, 4) is 0 Å². The number of aromatic nitrogens is 2. The highest BCUT2D eigenvalue weighted by Gasteiger charge is 2.18. The standard InChI is InChI=1S/C10H17F2N3O/c1-3-15-9(10(11)12)8(7-14-15)6-13-4-5-16-2/h7,10,13H,3-6H2,1-2H3. The molecule has 0 aromatic carbocycles. The fourth-order valence-corrected chi connectivity index (χ4v) is 1.47. The summed E-state index contributed by atoms with van der Waals surface area (Å²) in [6.45, 7) is 3.84. The van der Waals surface area contributed by atoms with Crippen molar-refractivity contribution in [1.29, 1.82) is 0 Å². The molecule has 0 bridgehead atoms. The van der Waals surface area contributed by atoms with Crippen molar-refractivity contribution in [3.63, 3.8) is 0 Å². The second kappa shape index (κ2) is 6.55. The van der Waals surface area contributed by atoms with Crippen LogP contribution in [0.25, 0.3) is 0 Å². The molecule has 1 heterocycles. The van der Waals surface area contributed by atoms with Crippen molar-refractivity contribution < 1.29 is 13.5 Å². The summed E-state index contributed by atoms with van der Waals surface area (Å²) in [5.41, 5.74) is 0.556. The molecule has 4 nitrogen and oxygen atoms in total. The van der Waals surface area contributed by atoms with Gasteiger partial charge in [0, 0.05) is 32.3 Å². The minimum absolute atomic E-state index is 0.00687. The third-order valence-corrected chi connectivity index (χ3v) is 2.26. The van der Waals surface area contributed by atoms with Crippen LogP contribution < -0.4 is 5.32 Å². The number of aryl methyl sites for hydroxylation is 1. The summed E-state index contributed by atoms with van der Waals surface area (Å²) in [5, 5.41) is 6.94. The monoisotopic (exact) mass is 233 g/mol. The first-order valence-electron chi connectivity index (χ1n) is 5.23. The zero-order valence-corrected chi connectivity index (χ0v) is 9.54. The van der Waals surface area contributed by atoms with Crippen LogP contribution in [0.3, 0.4) is 0 Å². The molecule has 0 saturated heterocycles. The lowest BCUT2D eigenvalue weighted by Gasteiger charge is -2.07. The number of methoxy groups -OCH3 is 1. The average molecular weight is 233 g/mol. The van der Waals surface area contributed by atoms with Gasteiger partial charge in [-0.25, -0.2) is 8.78 Å². The van der Waals surface area contributed by atoms with E-state index in [0.29, 0.717) is 31.8 Å². The summed E-state index contributed by atoms with van der Waals surface area (Å²) in [5.74, 6) is 0. The summed E-state index contributed by atoms with van der Waals surface area (Å²) in [4.78, 5) is 0. The molecule has 0 atom stereocenters. The molecule has 0 aliphatic heterocycles. The predicted octanol–water partition coefficient (Wildman–Crippen LogP) is 1.58. The number of nitrogens with zero attached hydrogens (tertiary/aromatic N) is 2. The first-order chi connectivity index (χ1) is 7.70. The Hall–Kier alpha value is -1.01. The van der Waals surface area contributed by atoms with E-state index >= 15 is 0 Å². The van der Waals surface area contributed by atoms with Gasteiger partial charge in [-0.1, -0.05) is 0 Å². The Morgan fingerprint density at radius 2 is 2.31 bits per heavy atom. The van der Waals surface area contributed by atoms with E-state index in [1.807, 2.05) is 0 Å². The fourth-order valence-electron chi connectivity index (χ4n) is 1.47. The van der Waals surface area contributed by atoms with Crippen molar-refractivity contribution >= 4 is 0 Å².